The van der Waals surface area contributed by atoms with Crippen molar-refractivity contribution in [2.24, 2.45) is 5.92 Å². The lowest BCUT2D eigenvalue weighted by Crippen LogP contribution is -2.12. The van der Waals surface area contributed by atoms with Gasteiger partial charge in [0.15, 0.2) is 0 Å². The molecule has 0 radical (unpaired) electrons. The number of hydrogen-bond acceptors (Lipinski definition) is 3. The molecule has 0 bridgehead atoms. The van der Waals surface area contributed by atoms with Gasteiger partial charge in [-0.1, -0.05) is 12.8 Å². The molecule has 1 aliphatic carbocycles. The summed E-state index contributed by atoms with van der Waals surface area (Å²) in [6.45, 7) is 0.544. The molecule has 92 valence electrons. The Morgan fingerprint density at radius 1 is 1.41 bits per heavy atom. The first-order valence-corrected chi connectivity index (χ1v) is 7.06. The first kappa shape index (κ1) is 13.0. The fourth-order valence-electron chi connectivity index (χ4n) is 2.12. The van der Waals surface area contributed by atoms with E-state index in [1.54, 1.807) is 6.07 Å². The molecule has 1 aromatic carbocycles. The van der Waals surface area contributed by atoms with Crippen LogP contribution in [0.2, 0.25) is 0 Å². The monoisotopic (exact) mass is 314 g/mol. The van der Waals surface area contributed by atoms with Crippen LogP contribution in [0.3, 0.4) is 0 Å². The molecule has 0 heterocycles. The van der Waals surface area contributed by atoms with E-state index in [0.717, 1.165) is 9.37 Å². The molecule has 0 N–H and O–H groups in total. The van der Waals surface area contributed by atoms with Crippen LogP contribution in [0.5, 0.6) is 0 Å². The molecule has 0 saturated heterocycles. The molecule has 0 spiro atoms. The zero-order chi connectivity index (χ0) is 12.3. The maximum absolute atomic E-state index is 11.9. The molecular weight excluding hydrogens is 300 g/mol. The summed E-state index contributed by atoms with van der Waals surface area (Å²) in [5.41, 5.74) is 0.551. The van der Waals surface area contributed by atoms with Crippen LogP contribution in [-0.4, -0.2) is 12.6 Å². The van der Waals surface area contributed by atoms with Crippen LogP contribution >= 0.6 is 28.6 Å². The molecule has 1 aromatic rings. The molecule has 1 saturated carbocycles. The zero-order valence-corrected chi connectivity index (χ0v) is 12.0. The van der Waals surface area contributed by atoms with Crippen LogP contribution in [0, 0.1) is 5.92 Å². The van der Waals surface area contributed by atoms with Gasteiger partial charge in [0.1, 0.15) is 0 Å². The van der Waals surface area contributed by atoms with E-state index in [1.807, 2.05) is 12.1 Å². The van der Waals surface area contributed by atoms with Crippen molar-refractivity contribution in [1.82, 2.24) is 0 Å². The Morgan fingerprint density at radius 2 is 2.12 bits per heavy atom. The Morgan fingerprint density at radius 3 is 2.82 bits per heavy atom. The standard InChI is InChI=1S/C13H15BrO2S/c14-12-6-5-10(17)7-11(12)13(15)16-8-9-3-1-2-4-9/h5-7,9,17H,1-4,8H2. The minimum Gasteiger partial charge on any atom is -0.462 e. The van der Waals surface area contributed by atoms with E-state index in [0.29, 0.717) is 18.1 Å². The fraction of sp³-hybridized carbons (Fsp3) is 0.462. The van der Waals surface area contributed by atoms with Gasteiger partial charge < -0.3 is 4.74 Å². The van der Waals surface area contributed by atoms with Crippen molar-refractivity contribution in [2.45, 2.75) is 30.6 Å². The van der Waals surface area contributed by atoms with Gasteiger partial charge in [-0.3, -0.25) is 0 Å². The molecule has 0 aliphatic heterocycles. The van der Waals surface area contributed by atoms with E-state index in [-0.39, 0.29) is 5.97 Å². The number of halogens is 1. The average molecular weight is 315 g/mol. The molecule has 4 heteroatoms. The SMILES string of the molecule is O=C(OCC1CCCC1)c1cc(S)ccc1Br. The van der Waals surface area contributed by atoms with Crippen molar-refractivity contribution in [2.75, 3.05) is 6.61 Å². The second kappa shape index (κ2) is 5.91. The quantitative estimate of drug-likeness (QED) is 0.672. The normalized spacial score (nSPS) is 16.1. The molecule has 2 rings (SSSR count). The van der Waals surface area contributed by atoms with Crippen molar-refractivity contribution in [3.63, 3.8) is 0 Å². The number of rotatable bonds is 3. The van der Waals surface area contributed by atoms with E-state index < -0.39 is 0 Å². The van der Waals surface area contributed by atoms with Gasteiger partial charge in [-0.05, 0) is 52.9 Å². The van der Waals surface area contributed by atoms with E-state index >= 15 is 0 Å². The molecule has 0 atom stereocenters. The molecule has 0 unspecified atom stereocenters. The van der Waals surface area contributed by atoms with Crippen LogP contribution in [0.25, 0.3) is 0 Å². The smallest absolute Gasteiger partial charge is 0.339 e. The van der Waals surface area contributed by atoms with E-state index in [2.05, 4.69) is 28.6 Å². The first-order chi connectivity index (χ1) is 8.16. The summed E-state index contributed by atoms with van der Waals surface area (Å²) < 4.78 is 6.10. The van der Waals surface area contributed by atoms with Crippen molar-refractivity contribution in [1.29, 1.82) is 0 Å². The molecule has 1 aliphatic rings. The summed E-state index contributed by atoms with van der Waals surface area (Å²) in [4.78, 5) is 12.7. The van der Waals surface area contributed by atoms with Gasteiger partial charge in [0.2, 0.25) is 0 Å². The van der Waals surface area contributed by atoms with Crippen LogP contribution < -0.4 is 0 Å². The lowest BCUT2D eigenvalue weighted by atomic mass is 10.1. The van der Waals surface area contributed by atoms with Crippen LogP contribution in [0.15, 0.2) is 27.6 Å². The van der Waals surface area contributed by atoms with Crippen LogP contribution in [0.1, 0.15) is 36.0 Å². The Kier molecular flexibility index (Phi) is 4.51. The zero-order valence-electron chi connectivity index (χ0n) is 9.49. The van der Waals surface area contributed by atoms with E-state index in [9.17, 15) is 4.79 Å². The third-order valence-electron chi connectivity index (χ3n) is 3.09. The minimum absolute atomic E-state index is 0.264. The van der Waals surface area contributed by atoms with Crippen molar-refractivity contribution in [3.8, 4) is 0 Å². The Bertz CT molecular complexity index is 414. The van der Waals surface area contributed by atoms with E-state index in [4.69, 9.17) is 4.74 Å². The van der Waals surface area contributed by atoms with Crippen molar-refractivity contribution < 1.29 is 9.53 Å². The highest BCUT2D eigenvalue weighted by Gasteiger charge is 2.18. The molecular formula is C13H15BrO2S. The summed E-state index contributed by atoms with van der Waals surface area (Å²) in [7, 11) is 0. The Hall–Kier alpha value is -0.480. The highest BCUT2D eigenvalue weighted by Crippen LogP contribution is 2.26. The number of hydrogen-bond donors (Lipinski definition) is 1. The lowest BCUT2D eigenvalue weighted by Gasteiger charge is -2.11. The van der Waals surface area contributed by atoms with Crippen LogP contribution in [-0.2, 0) is 4.74 Å². The highest BCUT2D eigenvalue weighted by molar-refractivity contribution is 9.10. The third kappa shape index (κ3) is 3.49. The first-order valence-electron chi connectivity index (χ1n) is 5.82. The molecule has 17 heavy (non-hydrogen) atoms. The van der Waals surface area contributed by atoms with Crippen molar-refractivity contribution >= 4 is 34.5 Å². The van der Waals surface area contributed by atoms with Gasteiger partial charge in [0.05, 0.1) is 12.2 Å². The molecule has 2 nitrogen and oxygen atoms in total. The maximum atomic E-state index is 11.9. The largest absolute Gasteiger partial charge is 0.462 e. The predicted octanol–water partition coefficient (Wildman–Crippen LogP) is 4.08. The topological polar surface area (TPSA) is 26.3 Å². The fourth-order valence-corrected chi connectivity index (χ4v) is 2.73. The molecule has 1 fully saturated rings. The summed E-state index contributed by atoms with van der Waals surface area (Å²) in [6.07, 6.45) is 4.89. The summed E-state index contributed by atoms with van der Waals surface area (Å²) in [5, 5.41) is 0. The van der Waals surface area contributed by atoms with Gasteiger partial charge in [-0.15, -0.1) is 12.6 Å². The van der Waals surface area contributed by atoms with Gasteiger partial charge in [-0.2, -0.15) is 0 Å². The average Bonchev–Trinajstić information content (AvgIpc) is 2.82. The third-order valence-corrected chi connectivity index (χ3v) is 4.06. The Balaban J connectivity index is 1.96. The van der Waals surface area contributed by atoms with Crippen molar-refractivity contribution in [3.05, 3.63) is 28.2 Å². The second-order valence-corrected chi connectivity index (χ2v) is 5.78. The van der Waals surface area contributed by atoms with Gasteiger partial charge in [0.25, 0.3) is 0 Å². The summed E-state index contributed by atoms with van der Waals surface area (Å²) >= 11 is 7.57. The van der Waals surface area contributed by atoms with Gasteiger partial charge in [-0.25, -0.2) is 4.79 Å². The van der Waals surface area contributed by atoms with Crippen LogP contribution in [0.4, 0.5) is 0 Å². The maximum Gasteiger partial charge on any atom is 0.339 e. The summed E-state index contributed by atoms with van der Waals surface area (Å²) in [6, 6.07) is 5.37. The second-order valence-electron chi connectivity index (χ2n) is 4.41. The number of ether oxygens (including phenoxy) is 1. The molecule has 0 aromatic heterocycles. The number of benzene rings is 1. The number of esters is 1. The lowest BCUT2D eigenvalue weighted by molar-refractivity contribution is 0.0441. The minimum atomic E-state index is -0.264. The molecule has 0 amide bonds. The van der Waals surface area contributed by atoms with Gasteiger partial charge >= 0.3 is 5.97 Å². The predicted molar refractivity (Wildman–Crippen MR) is 73.6 cm³/mol. The number of carbonyl (C=O) groups excluding carboxylic acids is 1. The summed E-state index contributed by atoms with van der Waals surface area (Å²) in [5.74, 6) is 0.289. The van der Waals surface area contributed by atoms with E-state index in [1.165, 1.54) is 25.7 Å². The van der Waals surface area contributed by atoms with Gasteiger partial charge in [0, 0.05) is 9.37 Å². The number of thiol groups is 1. The number of carbonyl (C=O) groups is 1. The Labute approximate surface area is 115 Å². The highest BCUT2D eigenvalue weighted by atomic mass is 79.9.